The predicted octanol–water partition coefficient (Wildman–Crippen LogP) is 13.2. The van der Waals surface area contributed by atoms with Crippen LogP contribution in [0.3, 0.4) is 0 Å². The molecule has 252 valence electrons. The van der Waals surface area contributed by atoms with Gasteiger partial charge in [0.1, 0.15) is 0 Å². The molecule has 0 unspecified atom stereocenters. The van der Waals surface area contributed by atoms with E-state index in [9.17, 15) is 0 Å². The van der Waals surface area contributed by atoms with Crippen molar-refractivity contribution >= 4 is 64.1 Å². The summed E-state index contributed by atoms with van der Waals surface area (Å²) in [7, 11) is 0. The van der Waals surface area contributed by atoms with Crippen LogP contribution in [0.5, 0.6) is 0 Å². The van der Waals surface area contributed by atoms with E-state index in [0.29, 0.717) is 17.5 Å². The summed E-state index contributed by atoms with van der Waals surface area (Å²) in [5.41, 5.74) is 8.68. The van der Waals surface area contributed by atoms with Gasteiger partial charge in [-0.15, -0.1) is 11.3 Å². The van der Waals surface area contributed by atoms with E-state index in [1.54, 1.807) is 11.3 Å². The summed E-state index contributed by atoms with van der Waals surface area (Å²) in [6.07, 6.45) is 0. The lowest BCUT2D eigenvalue weighted by Crippen LogP contribution is -2.01. The molecule has 0 aliphatic rings. The Bertz CT molecular complexity index is 3150. The first-order valence-corrected chi connectivity index (χ1v) is 18.9. The molecule has 0 saturated heterocycles. The van der Waals surface area contributed by atoms with Crippen LogP contribution in [0.4, 0.5) is 0 Å². The molecule has 0 fully saturated rings. The normalized spacial score (nSPS) is 11.7. The second-order valence-corrected chi connectivity index (χ2v) is 14.7. The van der Waals surface area contributed by atoms with Crippen LogP contribution in [0.25, 0.3) is 104 Å². The summed E-state index contributed by atoms with van der Waals surface area (Å²) >= 11 is 1.79. The Morgan fingerprint density at radius 3 is 1.57 bits per heavy atom. The zero-order valence-corrected chi connectivity index (χ0v) is 29.8. The van der Waals surface area contributed by atoms with E-state index >= 15 is 0 Å². The minimum absolute atomic E-state index is 0.639. The van der Waals surface area contributed by atoms with Crippen LogP contribution in [-0.2, 0) is 0 Å². The van der Waals surface area contributed by atoms with Gasteiger partial charge in [0.2, 0.25) is 0 Å². The maximum absolute atomic E-state index is 5.19. The molecule has 0 radical (unpaired) electrons. The fraction of sp³-hybridized carbons (Fsp3) is 0. The maximum atomic E-state index is 5.19. The highest BCUT2D eigenvalue weighted by molar-refractivity contribution is 7.26. The monoisotopic (exact) mass is 706 g/mol. The van der Waals surface area contributed by atoms with E-state index in [0.717, 1.165) is 27.9 Å². The minimum atomic E-state index is 0.639. The zero-order chi connectivity index (χ0) is 35.6. The molecule has 0 N–H and O–H groups in total. The molecule has 3 heterocycles. The van der Waals surface area contributed by atoms with Crippen LogP contribution in [-0.4, -0.2) is 19.5 Å². The van der Waals surface area contributed by atoms with Gasteiger partial charge in [-0.05, 0) is 70.4 Å². The standard InChI is InChI=1S/C49H30N4S/c1-2-13-36-31(11-1)12-9-17-37(36)32-23-25-33(26-24-32)47-50-48(52-49(51-47)42-19-10-18-41-40-16-5-8-22-45(40)54-46(41)42)34-27-29-35(30-28-34)53-43-20-6-3-14-38(43)39-15-4-7-21-44(39)53/h1-30H. The lowest BCUT2D eigenvalue weighted by atomic mass is 9.97. The van der Waals surface area contributed by atoms with Crippen molar-refractivity contribution in [3.05, 3.63) is 182 Å². The Balaban J connectivity index is 1.06. The summed E-state index contributed by atoms with van der Waals surface area (Å²) < 4.78 is 4.76. The molecule has 11 aromatic rings. The fourth-order valence-electron chi connectivity index (χ4n) is 7.91. The number of benzene rings is 8. The average Bonchev–Trinajstić information content (AvgIpc) is 3.80. The number of thiophene rings is 1. The minimum Gasteiger partial charge on any atom is -0.309 e. The van der Waals surface area contributed by atoms with Gasteiger partial charge in [0, 0.05) is 53.3 Å². The van der Waals surface area contributed by atoms with Crippen LogP contribution in [0.1, 0.15) is 0 Å². The van der Waals surface area contributed by atoms with Crippen molar-refractivity contribution in [2.24, 2.45) is 0 Å². The molecule has 54 heavy (non-hydrogen) atoms. The molecule has 0 aliphatic heterocycles. The van der Waals surface area contributed by atoms with Crippen molar-refractivity contribution in [2.45, 2.75) is 0 Å². The molecule has 3 aromatic heterocycles. The van der Waals surface area contributed by atoms with Crippen LogP contribution in [0, 0.1) is 0 Å². The van der Waals surface area contributed by atoms with Gasteiger partial charge < -0.3 is 4.57 Å². The summed E-state index contributed by atoms with van der Waals surface area (Å²) in [4.78, 5) is 15.5. The Morgan fingerprint density at radius 1 is 0.352 bits per heavy atom. The number of rotatable bonds is 5. The van der Waals surface area contributed by atoms with Gasteiger partial charge in [0.15, 0.2) is 17.5 Å². The smallest absolute Gasteiger partial charge is 0.165 e. The first-order chi connectivity index (χ1) is 26.8. The Hall–Kier alpha value is -6.95. The number of hydrogen-bond acceptors (Lipinski definition) is 4. The van der Waals surface area contributed by atoms with Gasteiger partial charge >= 0.3 is 0 Å². The number of nitrogens with zero attached hydrogens (tertiary/aromatic N) is 4. The van der Waals surface area contributed by atoms with Gasteiger partial charge in [-0.25, -0.2) is 15.0 Å². The third kappa shape index (κ3) is 4.94. The number of hydrogen-bond donors (Lipinski definition) is 0. The van der Waals surface area contributed by atoms with Crippen molar-refractivity contribution < 1.29 is 0 Å². The highest BCUT2D eigenvalue weighted by Crippen LogP contribution is 2.40. The molecular formula is C49H30N4S. The number of fused-ring (bicyclic) bond motifs is 7. The Labute approximate surface area is 315 Å². The summed E-state index contributed by atoms with van der Waals surface area (Å²) in [6, 6.07) is 64.4. The quantitative estimate of drug-likeness (QED) is 0.179. The van der Waals surface area contributed by atoms with E-state index in [1.165, 1.54) is 58.3 Å². The highest BCUT2D eigenvalue weighted by atomic mass is 32.1. The zero-order valence-electron chi connectivity index (χ0n) is 29.0. The summed E-state index contributed by atoms with van der Waals surface area (Å²) in [5, 5.41) is 7.41. The Morgan fingerprint density at radius 2 is 0.852 bits per heavy atom. The topological polar surface area (TPSA) is 43.6 Å². The molecule has 4 nitrogen and oxygen atoms in total. The van der Waals surface area contributed by atoms with Crippen LogP contribution in [0.15, 0.2) is 182 Å². The summed E-state index contributed by atoms with van der Waals surface area (Å²) in [5.74, 6) is 1.95. The lowest BCUT2D eigenvalue weighted by molar-refractivity contribution is 1.08. The van der Waals surface area contributed by atoms with Crippen molar-refractivity contribution in [2.75, 3.05) is 0 Å². The predicted molar refractivity (Wildman–Crippen MR) is 226 cm³/mol. The van der Waals surface area contributed by atoms with Gasteiger partial charge in [-0.2, -0.15) is 0 Å². The first-order valence-electron chi connectivity index (χ1n) is 18.1. The highest BCUT2D eigenvalue weighted by Gasteiger charge is 2.18. The van der Waals surface area contributed by atoms with E-state index in [-0.39, 0.29) is 0 Å². The van der Waals surface area contributed by atoms with E-state index in [4.69, 9.17) is 15.0 Å². The van der Waals surface area contributed by atoms with Crippen LogP contribution < -0.4 is 0 Å². The van der Waals surface area contributed by atoms with Crippen LogP contribution >= 0.6 is 11.3 Å². The van der Waals surface area contributed by atoms with Crippen molar-refractivity contribution in [3.8, 4) is 51.0 Å². The van der Waals surface area contributed by atoms with E-state index in [1.807, 2.05) is 0 Å². The average molecular weight is 707 g/mol. The molecule has 0 spiro atoms. The third-order valence-corrected chi connectivity index (χ3v) is 11.7. The van der Waals surface area contributed by atoms with Crippen molar-refractivity contribution in [3.63, 3.8) is 0 Å². The van der Waals surface area contributed by atoms with Gasteiger partial charge in [0.25, 0.3) is 0 Å². The molecule has 0 atom stereocenters. The second kappa shape index (κ2) is 12.3. The van der Waals surface area contributed by atoms with Gasteiger partial charge in [-0.3, -0.25) is 0 Å². The fourth-order valence-corrected chi connectivity index (χ4v) is 9.13. The molecule has 8 aromatic carbocycles. The Kier molecular flexibility index (Phi) is 7.00. The SMILES string of the molecule is c1ccc2c(-c3ccc(-c4nc(-c5ccc(-n6c7ccccc7c7ccccc76)cc5)nc(-c5cccc6c5sc5ccccc56)n4)cc3)cccc2c1. The molecular weight excluding hydrogens is 677 g/mol. The van der Waals surface area contributed by atoms with Crippen molar-refractivity contribution in [1.29, 1.82) is 0 Å². The third-order valence-electron chi connectivity index (χ3n) is 10.5. The van der Waals surface area contributed by atoms with Gasteiger partial charge in [-0.1, -0.05) is 133 Å². The largest absolute Gasteiger partial charge is 0.309 e. The number of aromatic nitrogens is 4. The molecule has 0 bridgehead atoms. The second-order valence-electron chi connectivity index (χ2n) is 13.6. The van der Waals surface area contributed by atoms with Crippen molar-refractivity contribution in [1.82, 2.24) is 19.5 Å². The molecule has 11 rings (SSSR count). The number of para-hydroxylation sites is 2. The van der Waals surface area contributed by atoms with Crippen LogP contribution in [0.2, 0.25) is 0 Å². The maximum Gasteiger partial charge on any atom is 0.165 e. The summed E-state index contributed by atoms with van der Waals surface area (Å²) in [6.45, 7) is 0. The first kappa shape index (κ1) is 30.7. The molecule has 0 aliphatic carbocycles. The van der Waals surface area contributed by atoms with E-state index < -0.39 is 0 Å². The molecule has 0 amide bonds. The molecule has 5 heteroatoms. The van der Waals surface area contributed by atoms with E-state index in [2.05, 4.69) is 187 Å². The lowest BCUT2D eigenvalue weighted by Gasteiger charge is -2.12. The molecule has 0 saturated carbocycles. The van der Waals surface area contributed by atoms with Gasteiger partial charge in [0.05, 0.1) is 11.0 Å².